The molecule has 0 amide bonds. The predicted octanol–water partition coefficient (Wildman–Crippen LogP) is 6.16. The third kappa shape index (κ3) is 6.66. The lowest BCUT2D eigenvalue weighted by Crippen LogP contribution is -2.16. The van der Waals surface area contributed by atoms with Gasteiger partial charge in [-0.25, -0.2) is 4.79 Å². The van der Waals surface area contributed by atoms with E-state index in [1.54, 1.807) is 24.3 Å². The fraction of sp³-hybridized carbons (Fsp3) is 0.0909. The van der Waals surface area contributed by atoms with Gasteiger partial charge in [-0.3, -0.25) is 4.79 Å². The van der Waals surface area contributed by atoms with E-state index >= 15 is 0 Å². The Morgan fingerprint density at radius 1 is 0.806 bits per heavy atom. The summed E-state index contributed by atoms with van der Waals surface area (Å²) in [5.74, 6) is 0.0819. The van der Waals surface area contributed by atoms with Crippen LogP contribution >= 0.6 is 90.4 Å². The summed E-state index contributed by atoms with van der Waals surface area (Å²) in [6.45, 7) is -0.0324. The molecule has 0 atom stereocenters. The smallest absolute Gasteiger partial charge is 0.344 e. The molecular weight excluding hydrogens is 852 g/mol. The van der Waals surface area contributed by atoms with Crippen molar-refractivity contribution in [2.75, 3.05) is 6.61 Å². The van der Waals surface area contributed by atoms with Gasteiger partial charge in [0.05, 0.1) is 14.3 Å². The second kappa shape index (κ2) is 11.4. The number of carbonyl (C=O) groups excluding carboxylic acids is 2. The molecule has 0 aliphatic carbocycles. The first-order chi connectivity index (χ1) is 14.8. The monoisotopic (exact) mass is 866 g/mol. The molecule has 3 aromatic rings. The number of phenolic OH excluding ortho intramolecular Hbond substituents is 1. The van der Waals surface area contributed by atoms with Crippen LogP contribution in [0.4, 0.5) is 0 Å². The fourth-order valence-electron chi connectivity index (χ4n) is 2.60. The second-order valence-corrected chi connectivity index (χ2v) is 11.0. The topological polar surface area (TPSA) is 72.8 Å². The Balaban J connectivity index is 1.69. The summed E-state index contributed by atoms with van der Waals surface area (Å²) in [6, 6.07) is 16.2. The van der Waals surface area contributed by atoms with Crippen LogP contribution < -0.4 is 4.74 Å². The first kappa shape index (κ1) is 25.0. The fourth-order valence-corrected chi connectivity index (χ4v) is 6.45. The van der Waals surface area contributed by atoms with E-state index in [0.29, 0.717) is 31.2 Å². The summed E-state index contributed by atoms with van der Waals surface area (Å²) in [4.78, 5) is 25.0. The zero-order valence-corrected chi connectivity index (χ0v) is 24.3. The van der Waals surface area contributed by atoms with Crippen molar-refractivity contribution < 1.29 is 24.2 Å². The normalized spacial score (nSPS) is 10.6. The Kier molecular flexibility index (Phi) is 9.22. The molecule has 3 rings (SSSR count). The van der Waals surface area contributed by atoms with Gasteiger partial charge in [0.2, 0.25) is 0 Å². The number of phenols is 1. The molecule has 31 heavy (non-hydrogen) atoms. The Bertz CT molecular complexity index is 1090. The molecule has 0 spiro atoms. The molecule has 0 bridgehead atoms. The van der Waals surface area contributed by atoms with Gasteiger partial charge >= 0.3 is 5.97 Å². The highest BCUT2D eigenvalue weighted by atomic mass is 127. The zero-order valence-electron chi connectivity index (χ0n) is 15.7. The van der Waals surface area contributed by atoms with Gasteiger partial charge in [0.15, 0.2) is 12.4 Å². The highest BCUT2D eigenvalue weighted by Crippen LogP contribution is 2.32. The Morgan fingerprint density at radius 3 is 1.87 bits per heavy atom. The van der Waals surface area contributed by atoms with E-state index in [9.17, 15) is 14.7 Å². The molecular formula is C22H14I4O5. The summed E-state index contributed by atoms with van der Waals surface area (Å²) in [5, 5.41) is 9.93. The molecule has 3 aromatic carbocycles. The van der Waals surface area contributed by atoms with Crippen LogP contribution in [0.15, 0.2) is 54.6 Å². The summed E-state index contributed by atoms with van der Waals surface area (Å²) < 4.78 is 13.6. The van der Waals surface area contributed by atoms with Gasteiger partial charge in [-0.15, -0.1) is 0 Å². The van der Waals surface area contributed by atoms with Crippen LogP contribution in [0.5, 0.6) is 11.5 Å². The minimum atomic E-state index is -0.469. The zero-order chi connectivity index (χ0) is 22.5. The maximum atomic E-state index is 13.0. The summed E-state index contributed by atoms with van der Waals surface area (Å²) in [7, 11) is 0. The summed E-state index contributed by atoms with van der Waals surface area (Å²) in [6.07, 6.45) is 0. The van der Waals surface area contributed by atoms with Crippen molar-refractivity contribution in [3.8, 4) is 11.5 Å². The van der Waals surface area contributed by atoms with Gasteiger partial charge in [-0.2, -0.15) is 0 Å². The molecule has 0 saturated carbocycles. The molecule has 0 unspecified atom stereocenters. The van der Waals surface area contributed by atoms with Crippen molar-refractivity contribution in [3.63, 3.8) is 0 Å². The van der Waals surface area contributed by atoms with E-state index < -0.39 is 5.97 Å². The van der Waals surface area contributed by atoms with E-state index in [2.05, 4.69) is 45.2 Å². The van der Waals surface area contributed by atoms with E-state index in [1.807, 2.05) is 75.5 Å². The maximum absolute atomic E-state index is 13.0. The van der Waals surface area contributed by atoms with Crippen LogP contribution in [0, 0.1) is 14.3 Å². The lowest BCUT2D eigenvalue weighted by molar-refractivity contribution is -0.147. The molecule has 5 nitrogen and oxygen atoms in total. The van der Waals surface area contributed by atoms with Crippen LogP contribution in [-0.4, -0.2) is 23.5 Å². The average molecular weight is 866 g/mol. The lowest BCUT2D eigenvalue weighted by atomic mass is 10.0. The SMILES string of the molecule is O=C(COc1c(I)cc(C(=O)c2cc(I)c(O)c(I)c2)cc1I)OCc1ccccc1. The molecule has 0 fully saturated rings. The molecule has 0 aliphatic rings. The number of halogens is 4. The molecule has 0 saturated heterocycles. The van der Waals surface area contributed by atoms with Gasteiger partial charge in [0.1, 0.15) is 18.1 Å². The Morgan fingerprint density at radius 2 is 1.32 bits per heavy atom. The molecule has 0 radical (unpaired) electrons. The number of benzene rings is 3. The number of ether oxygens (including phenoxy) is 2. The van der Waals surface area contributed by atoms with E-state index in [4.69, 9.17) is 9.47 Å². The summed E-state index contributed by atoms with van der Waals surface area (Å²) in [5.41, 5.74) is 1.91. The predicted molar refractivity (Wildman–Crippen MR) is 151 cm³/mol. The Hall–Kier alpha value is -0.680. The van der Waals surface area contributed by atoms with E-state index in [-0.39, 0.29) is 24.7 Å². The number of carbonyl (C=O) groups is 2. The number of hydrogen-bond acceptors (Lipinski definition) is 5. The van der Waals surface area contributed by atoms with Gasteiger partial charge in [0.25, 0.3) is 0 Å². The van der Waals surface area contributed by atoms with E-state index in [1.165, 1.54) is 0 Å². The van der Waals surface area contributed by atoms with Crippen LogP contribution in [0.2, 0.25) is 0 Å². The highest BCUT2D eigenvalue weighted by molar-refractivity contribution is 14.1. The molecule has 0 aromatic heterocycles. The second-order valence-electron chi connectivity index (χ2n) is 6.32. The average Bonchev–Trinajstić information content (AvgIpc) is 2.75. The third-order valence-electron chi connectivity index (χ3n) is 4.12. The van der Waals surface area contributed by atoms with Crippen molar-refractivity contribution in [2.24, 2.45) is 0 Å². The van der Waals surface area contributed by atoms with Crippen LogP contribution in [-0.2, 0) is 16.1 Å². The van der Waals surface area contributed by atoms with Crippen LogP contribution in [0.3, 0.4) is 0 Å². The number of ketones is 1. The first-order valence-electron chi connectivity index (χ1n) is 8.80. The van der Waals surface area contributed by atoms with Gasteiger partial charge in [-0.1, -0.05) is 30.3 Å². The van der Waals surface area contributed by atoms with Gasteiger partial charge in [0, 0.05) is 11.1 Å². The van der Waals surface area contributed by atoms with Crippen molar-refractivity contribution in [1.82, 2.24) is 0 Å². The standard InChI is InChI=1S/C22H14I4O5/c23-15-6-13(7-16(24)21(15)29)20(28)14-8-17(25)22(18(26)9-14)31-11-19(27)30-10-12-4-2-1-3-5-12/h1-9,29H,10-11H2. The Labute approximate surface area is 233 Å². The van der Waals surface area contributed by atoms with Crippen molar-refractivity contribution in [3.05, 3.63) is 85.6 Å². The van der Waals surface area contributed by atoms with E-state index in [0.717, 1.165) is 5.56 Å². The van der Waals surface area contributed by atoms with Crippen molar-refractivity contribution in [1.29, 1.82) is 0 Å². The lowest BCUT2D eigenvalue weighted by Gasteiger charge is -2.12. The summed E-state index contributed by atoms with van der Waals surface area (Å²) >= 11 is 8.17. The maximum Gasteiger partial charge on any atom is 0.344 e. The van der Waals surface area contributed by atoms with Crippen LogP contribution in [0.25, 0.3) is 0 Å². The highest BCUT2D eigenvalue weighted by Gasteiger charge is 2.18. The number of hydrogen-bond donors (Lipinski definition) is 1. The molecule has 1 N–H and O–H groups in total. The van der Waals surface area contributed by atoms with Gasteiger partial charge < -0.3 is 14.6 Å². The van der Waals surface area contributed by atoms with Crippen molar-refractivity contribution in [2.45, 2.75) is 6.61 Å². The van der Waals surface area contributed by atoms with Gasteiger partial charge in [-0.05, 0) is 120 Å². The number of esters is 1. The minimum Gasteiger partial charge on any atom is -0.506 e. The largest absolute Gasteiger partial charge is 0.506 e. The van der Waals surface area contributed by atoms with Crippen molar-refractivity contribution >= 4 is 102 Å². The first-order valence-corrected chi connectivity index (χ1v) is 13.1. The third-order valence-corrected chi connectivity index (χ3v) is 7.36. The van der Waals surface area contributed by atoms with Crippen LogP contribution in [0.1, 0.15) is 21.5 Å². The number of rotatable bonds is 7. The minimum absolute atomic E-state index is 0.152. The number of aromatic hydroxyl groups is 1. The molecule has 0 aliphatic heterocycles. The molecule has 160 valence electrons. The quantitative estimate of drug-likeness (QED) is 0.175. The molecule has 0 heterocycles. The molecule has 9 heteroatoms.